The molecular formula is C11H12F3NO5S. The summed E-state index contributed by atoms with van der Waals surface area (Å²) in [5.74, 6) is -1.40. The van der Waals surface area contributed by atoms with Crippen molar-refractivity contribution >= 4 is 16.0 Å². The second kappa shape index (κ2) is 6.00. The maximum Gasteiger partial charge on any atom is 0.416 e. The first-order valence-electron chi connectivity index (χ1n) is 5.53. The lowest BCUT2D eigenvalue weighted by atomic mass is 10.1. The molecular weight excluding hydrogens is 315 g/mol. The Balaban J connectivity index is 3.02. The number of benzene rings is 1. The minimum absolute atomic E-state index is 0.149. The summed E-state index contributed by atoms with van der Waals surface area (Å²) >= 11 is 0. The van der Waals surface area contributed by atoms with Gasteiger partial charge in [-0.2, -0.15) is 13.2 Å². The second-order valence-corrected chi connectivity index (χ2v) is 5.78. The molecule has 0 amide bonds. The Kier molecular flexibility index (Phi) is 4.97. The molecule has 0 unspecified atom stereocenters. The van der Waals surface area contributed by atoms with Crippen molar-refractivity contribution in [1.82, 2.24) is 4.89 Å². The van der Waals surface area contributed by atoms with E-state index in [0.717, 1.165) is 13.0 Å². The lowest BCUT2D eigenvalue weighted by molar-refractivity contribution is -0.151. The highest BCUT2D eigenvalue weighted by molar-refractivity contribution is 7.89. The minimum Gasteiger partial charge on any atom is -0.479 e. The maximum absolute atomic E-state index is 12.5. The summed E-state index contributed by atoms with van der Waals surface area (Å²) in [5, 5.41) is 8.55. The van der Waals surface area contributed by atoms with Gasteiger partial charge in [0, 0.05) is 0 Å². The molecule has 1 atom stereocenters. The average molecular weight is 327 g/mol. The van der Waals surface area contributed by atoms with Gasteiger partial charge in [-0.3, -0.25) is 4.84 Å². The van der Waals surface area contributed by atoms with Crippen LogP contribution in [0.4, 0.5) is 13.2 Å². The fourth-order valence-corrected chi connectivity index (χ4v) is 2.45. The van der Waals surface area contributed by atoms with Gasteiger partial charge < -0.3 is 5.11 Å². The number of halogens is 3. The van der Waals surface area contributed by atoms with Gasteiger partial charge >= 0.3 is 12.1 Å². The topological polar surface area (TPSA) is 92.7 Å². The summed E-state index contributed by atoms with van der Waals surface area (Å²) in [6.45, 7) is 2.27. The van der Waals surface area contributed by atoms with Crippen LogP contribution in [-0.2, 0) is 25.8 Å². The van der Waals surface area contributed by atoms with Crippen molar-refractivity contribution < 1.29 is 36.3 Å². The summed E-state index contributed by atoms with van der Waals surface area (Å²) in [6.07, 6.45) is -6.04. The molecule has 1 aromatic carbocycles. The molecule has 118 valence electrons. The van der Waals surface area contributed by atoms with Crippen LogP contribution in [0.2, 0.25) is 0 Å². The Labute approximate surface area is 118 Å². The van der Waals surface area contributed by atoms with Crippen molar-refractivity contribution in [3.05, 3.63) is 29.3 Å². The molecule has 0 saturated carbocycles. The molecule has 0 aliphatic carbocycles. The number of nitrogens with one attached hydrogen (secondary N) is 1. The smallest absolute Gasteiger partial charge is 0.416 e. The molecule has 0 aliphatic rings. The minimum atomic E-state index is -4.59. The number of carboxylic acid groups (broad SMARTS) is 1. The number of sulfonamides is 1. The van der Waals surface area contributed by atoms with E-state index >= 15 is 0 Å². The van der Waals surface area contributed by atoms with Crippen LogP contribution >= 0.6 is 0 Å². The lowest BCUT2D eigenvalue weighted by Gasteiger charge is -2.13. The zero-order chi connectivity index (χ0) is 16.4. The van der Waals surface area contributed by atoms with Crippen molar-refractivity contribution in [3.63, 3.8) is 0 Å². The molecule has 21 heavy (non-hydrogen) atoms. The summed E-state index contributed by atoms with van der Waals surface area (Å²) in [7, 11) is -4.28. The summed E-state index contributed by atoms with van der Waals surface area (Å²) in [4.78, 5) is 16.0. The number of carboxylic acids is 1. The standard InChI is InChI=1S/C11H12F3NO5S/c1-6-5-8(11(12,13)14)3-4-9(6)21(18,19)15-20-7(2)10(16)17/h3-5,7,15H,1-2H3,(H,16,17)/t7-/m0/s1. The van der Waals surface area contributed by atoms with Crippen molar-refractivity contribution in [2.75, 3.05) is 0 Å². The average Bonchev–Trinajstić information content (AvgIpc) is 2.34. The molecule has 0 heterocycles. The first kappa shape index (κ1) is 17.4. The van der Waals surface area contributed by atoms with E-state index in [4.69, 9.17) is 5.11 Å². The van der Waals surface area contributed by atoms with Crippen LogP contribution in [-0.4, -0.2) is 25.6 Å². The second-order valence-electron chi connectivity index (χ2n) is 4.16. The lowest BCUT2D eigenvalue weighted by Crippen LogP contribution is -2.32. The van der Waals surface area contributed by atoms with E-state index in [-0.39, 0.29) is 5.56 Å². The fourth-order valence-electron chi connectivity index (χ4n) is 1.36. The predicted octanol–water partition coefficient (Wildman–Crippen LogP) is 1.70. The van der Waals surface area contributed by atoms with E-state index in [9.17, 15) is 26.4 Å². The van der Waals surface area contributed by atoms with Gasteiger partial charge in [0.25, 0.3) is 10.0 Å². The number of rotatable bonds is 5. The molecule has 0 saturated heterocycles. The third-order valence-electron chi connectivity index (χ3n) is 2.47. The maximum atomic E-state index is 12.5. The van der Waals surface area contributed by atoms with E-state index in [2.05, 4.69) is 4.84 Å². The van der Waals surface area contributed by atoms with Crippen LogP contribution in [0.25, 0.3) is 0 Å². The molecule has 6 nitrogen and oxygen atoms in total. The number of hydrogen-bond acceptors (Lipinski definition) is 4. The third-order valence-corrected chi connectivity index (χ3v) is 3.83. The monoisotopic (exact) mass is 327 g/mol. The quantitative estimate of drug-likeness (QED) is 0.803. The fraction of sp³-hybridized carbons (Fsp3) is 0.364. The van der Waals surface area contributed by atoms with Crippen LogP contribution in [0.15, 0.2) is 23.1 Å². The molecule has 2 N–H and O–H groups in total. The van der Waals surface area contributed by atoms with Gasteiger partial charge in [-0.1, -0.05) is 4.89 Å². The third kappa shape index (κ3) is 4.41. The highest BCUT2D eigenvalue weighted by Gasteiger charge is 2.31. The first-order valence-corrected chi connectivity index (χ1v) is 7.01. The van der Waals surface area contributed by atoms with Crippen LogP contribution in [0.1, 0.15) is 18.1 Å². The Morgan fingerprint density at radius 1 is 1.38 bits per heavy atom. The van der Waals surface area contributed by atoms with Gasteiger partial charge in [-0.05, 0) is 37.6 Å². The molecule has 1 rings (SSSR count). The van der Waals surface area contributed by atoms with Crippen molar-refractivity contribution in [2.45, 2.75) is 31.0 Å². The highest BCUT2D eigenvalue weighted by Crippen LogP contribution is 2.31. The molecule has 0 aromatic heterocycles. The largest absolute Gasteiger partial charge is 0.479 e. The molecule has 0 spiro atoms. The summed E-state index contributed by atoms with van der Waals surface area (Å²) in [5.41, 5.74) is -1.14. The Bertz CT molecular complexity index is 642. The Morgan fingerprint density at radius 3 is 2.38 bits per heavy atom. The van der Waals surface area contributed by atoms with E-state index in [1.807, 2.05) is 0 Å². The predicted molar refractivity (Wildman–Crippen MR) is 64.7 cm³/mol. The number of alkyl halides is 3. The van der Waals surface area contributed by atoms with Gasteiger partial charge in [-0.25, -0.2) is 13.2 Å². The van der Waals surface area contributed by atoms with Crippen molar-refractivity contribution in [2.24, 2.45) is 0 Å². The van der Waals surface area contributed by atoms with E-state index < -0.39 is 38.7 Å². The van der Waals surface area contributed by atoms with E-state index in [1.54, 1.807) is 4.89 Å². The molecule has 0 radical (unpaired) electrons. The van der Waals surface area contributed by atoms with Crippen LogP contribution in [0.3, 0.4) is 0 Å². The van der Waals surface area contributed by atoms with Gasteiger partial charge in [0.05, 0.1) is 10.5 Å². The van der Waals surface area contributed by atoms with Crippen LogP contribution in [0.5, 0.6) is 0 Å². The number of carbonyl (C=O) groups is 1. The molecule has 10 heteroatoms. The Hall–Kier alpha value is -1.65. The molecule has 0 fully saturated rings. The highest BCUT2D eigenvalue weighted by atomic mass is 32.2. The van der Waals surface area contributed by atoms with Gasteiger partial charge in [-0.15, -0.1) is 0 Å². The van der Waals surface area contributed by atoms with Gasteiger partial charge in [0.15, 0.2) is 6.10 Å². The van der Waals surface area contributed by atoms with E-state index in [0.29, 0.717) is 12.1 Å². The zero-order valence-corrected chi connectivity index (χ0v) is 11.7. The van der Waals surface area contributed by atoms with E-state index in [1.165, 1.54) is 6.92 Å². The summed E-state index contributed by atoms with van der Waals surface area (Å²) in [6, 6.07) is 2.06. The van der Waals surface area contributed by atoms with Crippen LogP contribution < -0.4 is 4.89 Å². The van der Waals surface area contributed by atoms with Crippen molar-refractivity contribution in [1.29, 1.82) is 0 Å². The number of aryl methyl sites for hydroxylation is 1. The SMILES string of the molecule is Cc1cc(C(F)(F)F)ccc1S(=O)(=O)NO[C@@H](C)C(=O)O. The van der Waals surface area contributed by atoms with Gasteiger partial charge in [0.1, 0.15) is 0 Å². The first-order chi connectivity index (χ1) is 9.45. The normalized spacial score (nSPS) is 14.0. The van der Waals surface area contributed by atoms with Gasteiger partial charge in [0.2, 0.25) is 0 Å². The molecule has 0 aliphatic heterocycles. The number of hydrogen-bond donors (Lipinski definition) is 2. The van der Waals surface area contributed by atoms with Crippen LogP contribution in [0, 0.1) is 6.92 Å². The Morgan fingerprint density at radius 2 is 1.95 bits per heavy atom. The number of aliphatic carboxylic acids is 1. The van der Waals surface area contributed by atoms with Crippen molar-refractivity contribution in [3.8, 4) is 0 Å². The summed E-state index contributed by atoms with van der Waals surface area (Å²) < 4.78 is 61.1. The molecule has 1 aromatic rings. The zero-order valence-electron chi connectivity index (χ0n) is 10.9. The molecule has 0 bridgehead atoms.